The zero-order valence-electron chi connectivity index (χ0n) is 15.2. The number of hydrogen-bond donors (Lipinski definition) is 2. The van der Waals surface area contributed by atoms with Crippen LogP contribution in [0.3, 0.4) is 0 Å². The van der Waals surface area contributed by atoms with Crippen LogP contribution in [0.5, 0.6) is 0 Å². The fourth-order valence-corrected chi connectivity index (χ4v) is 2.61. The Hall–Kier alpha value is -3.21. The van der Waals surface area contributed by atoms with E-state index in [1.54, 1.807) is 0 Å². The Morgan fingerprint density at radius 1 is 1.00 bits per heavy atom. The molecule has 5 heteroatoms. The van der Waals surface area contributed by atoms with Crippen molar-refractivity contribution >= 4 is 23.2 Å². The van der Waals surface area contributed by atoms with E-state index in [2.05, 4.69) is 40.5 Å². The average molecular weight is 346 g/mol. The molecule has 0 saturated carbocycles. The smallest absolute Gasteiger partial charge is 0.258 e. The number of aryl methyl sites for hydroxylation is 3. The van der Waals surface area contributed by atoms with Gasteiger partial charge in [-0.2, -0.15) is 0 Å². The first kappa shape index (κ1) is 17.6. The van der Waals surface area contributed by atoms with Crippen molar-refractivity contribution in [3.8, 4) is 0 Å². The Morgan fingerprint density at radius 3 is 2.31 bits per heavy atom. The van der Waals surface area contributed by atoms with Gasteiger partial charge in [-0.3, -0.25) is 4.79 Å². The van der Waals surface area contributed by atoms with E-state index in [0.717, 1.165) is 23.4 Å². The molecular formula is C21H22N4O. The van der Waals surface area contributed by atoms with Gasteiger partial charge in [0.15, 0.2) is 0 Å². The van der Waals surface area contributed by atoms with E-state index in [1.165, 1.54) is 23.5 Å². The molecule has 0 unspecified atom stereocenters. The SMILES string of the molecule is CCc1ccc(NC(=O)c2cnc(Nc3ccc(C)cc3C)nc2)cc1. The monoisotopic (exact) mass is 346 g/mol. The van der Waals surface area contributed by atoms with Gasteiger partial charge in [0.2, 0.25) is 5.95 Å². The van der Waals surface area contributed by atoms with Crippen LogP contribution >= 0.6 is 0 Å². The first-order valence-corrected chi connectivity index (χ1v) is 8.62. The number of hydrogen-bond acceptors (Lipinski definition) is 4. The van der Waals surface area contributed by atoms with E-state index in [9.17, 15) is 4.79 Å². The molecule has 3 rings (SSSR count). The van der Waals surface area contributed by atoms with Crippen LogP contribution in [0.1, 0.15) is 34.0 Å². The summed E-state index contributed by atoms with van der Waals surface area (Å²) in [7, 11) is 0. The molecule has 132 valence electrons. The predicted molar refractivity (Wildman–Crippen MR) is 105 cm³/mol. The Morgan fingerprint density at radius 2 is 1.69 bits per heavy atom. The van der Waals surface area contributed by atoms with Gasteiger partial charge in [0.05, 0.1) is 5.56 Å². The van der Waals surface area contributed by atoms with Crippen LogP contribution in [0.25, 0.3) is 0 Å². The van der Waals surface area contributed by atoms with Gasteiger partial charge in [-0.15, -0.1) is 0 Å². The van der Waals surface area contributed by atoms with Gasteiger partial charge in [0, 0.05) is 23.8 Å². The third-order valence-corrected chi connectivity index (χ3v) is 4.16. The molecule has 26 heavy (non-hydrogen) atoms. The minimum atomic E-state index is -0.229. The van der Waals surface area contributed by atoms with Gasteiger partial charge in [-0.25, -0.2) is 9.97 Å². The van der Waals surface area contributed by atoms with Crippen molar-refractivity contribution in [3.05, 3.63) is 77.1 Å². The molecule has 1 amide bonds. The third-order valence-electron chi connectivity index (χ3n) is 4.16. The first-order valence-electron chi connectivity index (χ1n) is 8.62. The van der Waals surface area contributed by atoms with Crippen LogP contribution in [0.15, 0.2) is 54.9 Å². The van der Waals surface area contributed by atoms with Gasteiger partial charge in [0.25, 0.3) is 5.91 Å². The van der Waals surface area contributed by atoms with Gasteiger partial charge < -0.3 is 10.6 Å². The van der Waals surface area contributed by atoms with Crippen LogP contribution in [0, 0.1) is 13.8 Å². The van der Waals surface area contributed by atoms with E-state index in [4.69, 9.17) is 0 Å². The molecular weight excluding hydrogens is 324 g/mol. The Labute approximate surface area is 153 Å². The summed E-state index contributed by atoms with van der Waals surface area (Å²) < 4.78 is 0. The second-order valence-electron chi connectivity index (χ2n) is 6.24. The maximum absolute atomic E-state index is 12.3. The molecule has 0 atom stereocenters. The number of benzene rings is 2. The third kappa shape index (κ3) is 4.25. The van der Waals surface area contributed by atoms with Gasteiger partial charge >= 0.3 is 0 Å². The molecule has 2 N–H and O–H groups in total. The molecule has 0 aliphatic carbocycles. The summed E-state index contributed by atoms with van der Waals surface area (Å²) in [6.45, 7) is 6.18. The lowest BCUT2D eigenvalue weighted by Crippen LogP contribution is -2.13. The number of rotatable bonds is 5. The highest BCUT2D eigenvalue weighted by molar-refractivity contribution is 6.03. The zero-order chi connectivity index (χ0) is 18.5. The van der Waals surface area contributed by atoms with Gasteiger partial charge in [0.1, 0.15) is 0 Å². The number of aromatic nitrogens is 2. The maximum Gasteiger partial charge on any atom is 0.258 e. The van der Waals surface area contributed by atoms with Crippen molar-refractivity contribution in [2.24, 2.45) is 0 Å². The minimum absolute atomic E-state index is 0.229. The summed E-state index contributed by atoms with van der Waals surface area (Å²) in [6.07, 6.45) is 4.01. The maximum atomic E-state index is 12.3. The summed E-state index contributed by atoms with van der Waals surface area (Å²) in [5.74, 6) is 0.230. The van der Waals surface area contributed by atoms with E-state index in [1.807, 2.05) is 43.3 Å². The number of anilines is 3. The molecule has 1 aromatic heterocycles. The lowest BCUT2D eigenvalue weighted by Gasteiger charge is -2.09. The number of carbonyl (C=O) groups is 1. The van der Waals surface area contributed by atoms with Crippen molar-refractivity contribution < 1.29 is 4.79 Å². The molecule has 2 aromatic carbocycles. The van der Waals surface area contributed by atoms with Crippen LogP contribution in [0.2, 0.25) is 0 Å². The lowest BCUT2D eigenvalue weighted by molar-refractivity contribution is 0.102. The summed E-state index contributed by atoms with van der Waals surface area (Å²) in [4.78, 5) is 20.8. The predicted octanol–water partition coefficient (Wildman–Crippen LogP) is 4.65. The largest absolute Gasteiger partial charge is 0.324 e. The molecule has 0 radical (unpaired) electrons. The topological polar surface area (TPSA) is 66.9 Å². The standard InChI is InChI=1S/C21H22N4O/c1-4-16-6-8-18(9-7-16)24-20(26)17-12-22-21(23-13-17)25-19-10-5-14(2)11-15(19)3/h5-13H,4H2,1-3H3,(H,24,26)(H,22,23,25). The fraction of sp³-hybridized carbons (Fsp3) is 0.190. The second-order valence-corrected chi connectivity index (χ2v) is 6.24. The van der Waals surface area contributed by atoms with Crippen molar-refractivity contribution in [3.63, 3.8) is 0 Å². The van der Waals surface area contributed by atoms with E-state index < -0.39 is 0 Å². The van der Waals surface area contributed by atoms with Crippen molar-refractivity contribution in [1.82, 2.24) is 9.97 Å². The van der Waals surface area contributed by atoms with E-state index >= 15 is 0 Å². The van der Waals surface area contributed by atoms with Crippen LogP contribution < -0.4 is 10.6 Å². The van der Waals surface area contributed by atoms with E-state index in [-0.39, 0.29) is 5.91 Å². The van der Waals surface area contributed by atoms with E-state index in [0.29, 0.717) is 11.5 Å². The number of carbonyl (C=O) groups excluding carboxylic acids is 1. The van der Waals surface area contributed by atoms with Crippen molar-refractivity contribution in [1.29, 1.82) is 0 Å². The number of nitrogens with zero attached hydrogens (tertiary/aromatic N) is 2. The first-order chi connectivity index (χ1) is 12.5. The Balaban J connectivity index is 1.67. The highest BCUT2D eigenvalue weighted by Crippen LogP contribution is 2.19. The minimum Gasteiger partial charge on any atom is -0.324 e. The Kier molecular flexibility index (Phi) is 5.27. The quantitative estimate of drug-likeness (QED) is 0.705. The molecule has 0 spiro atoms. The molecule has 0 fully saturated rings. The molecule has 0 aliphatic heterocycles. The molecule has 0 bridgehead atoms. The van der Waals surface area contributed by atoms with Crippen LogP contribution in [-0.4, -0.2) is 15.9 Å². The molecule has 0 saturated heterocycles. The molecule has 5 nitrogen and oxygen atoms in total. The van der Waals surface area contributed by atoms with Crippen LogP contribution in [-0.2, 0) is 6.42 Å². The summed E-state index contributed by atoms with van der Waals surface area (Å²) >= 11 is 0. The highest BCUT2D eigenvalue weighted by atomic mass is 16.1. The average Bonchev–Trinajstić information content (AvgIpc) is 2.65. The summed E-state index contributed by atoms with van der Waals surface area (Å²) in [5, 5.41) is 6.03. The molecule has 3 aromatic rings. The van der Waals surface area contributed by atoms with Crippen molar-refractivity contribution in [2.45, 2.75) is 27.2 Å². The number of amides is 1. The lowest BCUT2D eigenvalue weighted by atomic mass is 10.1. The molecule has 0 aliphatic rings. The molecule has 1 heterocycles. The van der Waals surface area contributed by atoms with Gasteiger partial charge in [-0.05, 0) is 49.6 Å². The highest BCUT2D eigenvalue weighted by Gasteiger charge is 2.08. The Bertz CT molecular complexity index is 902. The normalized spacial score (nSPS) is 10.4. The van der Waals surface area contributed by atoms with Crippen LogP contribution in [0.4, 0.5) is 17.3 Å². The number of nitrogens with one attached hydrogen (secondary N) is 2. The zero-order valence-corrected chi connectivity index (χ0v) is 15.2. The fourth-order valence-electron chi connectivity index (χ4n) is 2.61. The van der Waals surface area contributed by atoms with Gasteiger partial charge in [-0.1, -0.05) is 36.8 Å². The van der Waals surface area contributed by atoms with Crippen molar-refractivity contribution in [2.75, 3.05) is 10.6 Å². The summed E-state index contributed by atoms with van der Waals surface area (Å²) in [6, 6.07) is 13.9. The summed E-state index contributed by atoms with van der Waals surface area (Å²) in [5.41, 5.74) is 5.66. The second kappa shape index (κ2) is 7.78.